The van der Waals surface area contributed by atoms with Crippen LogP contribution < -0.4 is 4.74 Å². The lowest BCUT2D eigenvalue weighted by Crippen LogP contribution is -2.24. The molecule has 1 aliphatic carbocycles. The highest BCUT2D eigenvalue weighted by atomic mass is 16.5. The quantitative estimate of drug-likeness (QED) is 0.464. The van der Waals surface area contributed by atoms with E-state index in [2.05, 4.69) is 36.2 Å². The van der Waals surface area contributed by atoms with Crippen LogP contribution in [0.5, 0.6) is 5.75 Å². The number of ether oxygens (including phenoxy) is 1. The van der Waals surface area contributed by atoms with Crippen molar-refractivity contribution in [2.75, 3.05) is 6.61 Å². The summed E-state index contributed by atoms with van der Waals surface area (Å²) >= 11 is 0. The van der Waals surface area contributed by atoms with Gasteiger partial charge in [0.25, 0.3) is 0 Å². The lowest BCUT2D eigenvalue weighted by Gasteiger charge is -2.30. The van der Waals surface area contributed by atoms with Gasteiger partial charge >= 0.3 is 5.97 Å². The van der Waals surface area contributed by atoms with Gasteiger partial charge in [0.05, 0.1) is 18.2 Å². The second-order valence-corrected chi connectivity index (χ2v) is 8.70. The van der Waals surface area contributed by atoms with Gasteiger partial charge in [-0.15, -0.1) is 0 Å². The second kappa shape index (κ2) is 9.60. The Morgan fingerprint density at radius 2 is 2.00 bits per heavy atom. The van der Waals surface area contributed by atoms with Crippen LogP contribution in [-0.4, -0.2) is 22.7 Å². The molecule has 3 aromatic rings. The van der Waals surface area contributed by atoms with Gasteiger partial charge in [-0.05, 0) is 80.8 Å². The van der Waals surface area contributed by atoms with Gasteiger partial charge in [-0.2, -0.15) is 0 Å². The summed E-state index contributed by atoms with van der Waals surface area (Å²) in [5.41, 5.74) is 5.48. The fourth-order valence-electron chi connectivity index (χ4n) is 4.71. The first kappa shape index (κ1) is 22.1. The molecule has 5 nitrogen and oxygen atoms in total. The van der Waals surface area contributed by atoms with Crippen LogP contribution in [0.15, 0.2) is 46.9 Å². The number of aromatic nitrogens is 1. The smallest absolute Gasteiger partial charge is 0.307 e. The molecule has 2 atom stereocenters. The van der Waals surface area contributed by atoms with Gasteiger partial charge in [0.15, 0.2) is 0 Å². The molecule has 1 aliphatic rings. The molecule has 0 radical (unpaired) electrons. The Morgan fingerprint density at radius 1 is 1.22 bits per heavy atom. The van der Waals surface area contributed by atoms with E-state index in [0.717, 1.165) is 42.0 Å². The summed E-state index contributed by atoms with van der Waals surface area (Å²) in [6.45, 7) is 6.46. The Labute approximate surface area is 189 Å². The lowest BCUT2D eigenvalue weighted by molar-refractivity contribution is -0.142. The van der Waals surface area contributed by atoms with Crippen LogP contribution in [0.4, 0.5) is 0 Å². The number of hydrogen-bond acceptors (Lipinski definition) is 4. The molecule has 1 N–H and O–H groups in total. The number of nitrogens with zero attached hydrogens (tertiary/aromatic N) is 1. The first-order valence-corrected chi connectivity index (χ1v) is 11.5. The average molecular weight is 434 g/mol. The van der Waals surface area contributed by atoms with Gasteiger partial charge < -0.3 is 14.3 Å². The van der Waals surface area contributed by atoms with Crippen molar-refractivity contribution >= 4 is 5.97 Å². The standard InChI is InChI=1S/C27H31NO4/c1-4-22(27(29)30)24-7-5-6-20-16-21(12-13-23(20)24)31-15-14-25-18(3)32-26(28-25)19-10-8-17(2)9-11-19/h8-13,16,22,24H,4-7,14-15H2,1-3H3,(H,29,30). The van der Waals surface area contributed by atoms with Crippen LogP contribution in [0.2, 0.25) is 0 Å². The highest BCUT2D eigenvalue weighted by Gasteiger charge is 2.31. The van der Waals surface area contributed by atoms with Crippen LogP contribution in [-0.2, 0) is 17.6 Å². The number of aliphatic carboxylic acids is 1. The molecule has 0 fully saturated rings. The molecule has 4 rings (SSSR count). The van der Waals surface area contributed by atoms with Crippen molar-refractivity contribution < 1.29 is 19.1 Å². The summed E-state index contributed by atoms with van der Waals surface area (Å²) in [6, 6.07) is 14.3. The molecule has 2 aromatic carbocycles. The molecule has 0 bridgehead atoms. The molecule has 0 aliphatic heterocycles. The SMILES string of the molecule is CCC(C(=O)O)C1CCCc2cc(OCCc3nc(-c4ccc(C)cc4)oc3C)ccc21. The minimum Gasteiger partial charge on any atom is -0.493 e. The predicted molar refractivity (Wildman–Crippen MR) is 124 cm³/mol. The van der Waals surface area contributed by atoms with Crippen LogP contribution in [0.25, 0.3) is 11.5 Å². The molecule has 0 saturated heterocycles. The summed E-state index contributed by atoms with van der Waals surface area (Å²) in [5, 5.41) is 9.60. The van der Waals surface area contributed by atoms with E-state index in [9.17, 15) is 9.90 Å². The average Bonchev–Trinajstić information content (AvgIpc) is 3.15. The molecule has 0 amide bonds. The Hall–Kier alpha value is -3.08. The Morgan fingerprint density at radius 3 is 2.72 bits per heavy atom. The molecule has 0 spiro atoms. The monoisotopic (exact) mass is 433 g/mol. The van der Waals surface area contributed by atoms with E-state index in [0.29, 0.717) is 25.3 Å². The largest absolute Gasteiger partial charge is 0.493 e. The topological polar surface area (TPSA) is 72.6 Å². The maximum Gasteiger partial charge on any atom is 0.307 e. The van der Waals surface area contributed by atoms with E-state index in [1.165, 1.54) is 16.7 Å². The van der Waals surface area contributed by atoms with Crippen molar-refractivity contribution in [1.82, 2.24) is 4.98 Å². The minimum atomic E-state index is -0.696. The van der Waals surface area contributed by atoms with Gasteiger partial charge in [0, 0.05) is 12.0 Å². The highest BCUT2D eigenvalue weighted by molar-refractivity contribution is 5.71. The predicted octanol–water partition coefficient (Wildman–Crippen LogP) is 6.11. The van der Waals surface area contributed by atoms with E-state index in [1.54, 1.807) is 0 Å². The van der Waals surface area contributed by atoms with E-state index < -0.39 is 5.97 Å². The number of carboxylic acids is 1. The summed E-state index contributed by atoms with van der Waals surface area (Å²) in [6.07, 6.45) is 4.25. The fourth-order valence-corrected chi connectivity index (χ4v) is 4.71. The molecule has 32 heavy (non-hydrogen) atoms. The third kappa shape index (κ3) is 4.72. The van der Waals surface area contributed by atoms with Crippen LogP contribution in [0.1, 0.15) is 60.2 Å². The van der Waals surface area contributed by atoms with Gasteiger partial charge in [0.1, 0.15) is 11.5 Å². The van der Waals surface area contributed by atoms with Crippen molar-refractivity contribution in [3.8, 4) is 17.2 Å². The minimum absolute atomic E-state index is 0.0910. The molecule has 1 aromatic heterocycles. The van der Waals surface area contributed by atoms with Crippen molar-refractivity contribution in [3.05, 3.63) is 70.6 Å². The van der Waals surface area contributed by atoms with Crippen molar-refractivity contribution in [3.63, 3.8) is 0 Å². The van der Waals surface area contributed by atoms with Crippen LogP contribution >= 0.6 is 0 Å². The second-order valence-electron chi connectivity index (χ2n) is 8.70. The molecular weight excluding hydrogens is 402 g/mol. The van der Waals surface area contributed by atoms with Crippen molar-refractivity contribution in [2.45, 2.75) is 58.8 Å². The number of hydrogen-bond donors (Lipinski definition) is 1. The molecular formula is C27H31NO4. The van der Waals surface area contributed by atoms with Gasteiger partial charge in [-0.25, -0.2) is 4.98 Å². The lowest BCUT2D eigenvalue weighted by atomic mass is 9.75. The number of fused-ring (bicyclic) bond motifs is 1. The summed E-state index contributed by atoms with van der Waals surface area (Å²) in [4.78, 5) is 16.3. The number of carboxylic acid groups (broad SMARTS) is 1. The molecule has 2 unspecified atom stereocenters. The number of aryl methyl sites for hydroxylation is 3. The third-order valence-electron chi connectivity index (χ3n) is 6.52. The molecule has 0 saturated carbocycles. The third-order valence-corrected chi connectivity index (χ3v) is 6.52. The summed E-state index contributed by atoms with van der Waals surface area (Å²) in [5.74, 6) is 1.36. The Bertz CT molecular complexity index is 1080. The first-order valence-electron chi connectivity index (χ1n) is 11.5. The normalized spacial score (nSPS) is 16.4. The number of carbonyl (C=O) groups is 1. The zero-order chi connectivity index (χ0) is 22.7. The number of oxazole rings is 1. The van der Waals surface area contributed by atoms with E-state index >= 15 is 0 Å². The zero-order valence-electron chi connectivity index (χ0n) is 19.1. The molecule has 1 heterocycles. The summed E-state index contributed by atoms with van der Waals surface area (Å²) in [7, 11) is 0. The first-order chi connectivity index (χ1) is 15.5. The fraction of sp³-hybridized carbons (Fsp3) is 0.407. The van der Waals surface area contributed by atoms with Crippen LogP contribution in [0.3, 0.4) is 0 Å². The Kier molecular flexibility index (Phi) is 6.63. The van der Waals surface area contributed by atoms with E-state index in [4.69, 9.17) is 9.15 Å². The van der Waals surface area contributed by atoms with Gasteiger partial charge in [-0.1, -0.05) is 30.7 Å². The van der Waals surface area contributed by atoms with Crippen molar-refractivity contribution in [1.29, 1.82) is 0 Å². The number of rotatable bonds is 8. The van der Waals surface area contributed by atoms with Crippen molar-refractivity contribution in [2.24, 2.45) is 5.92 Å². The van der Waals surface area contributed by atoms with Gasteiger partial charge in [0.2, 0.25) is 5.89 Å². The zero-order valence-corrected chi connectivity index (χ0v) is 19.1. The maximum atomic E-state index is 11.7. The van der Waals surface area contributed by atoms with Crippen LogP contribution in [0, 0.1) is 19.8 Å². The maximum absolute atomic E-state index is 11.7. The van der Waals surface area contributed by atoms with Gasteiger partial charge in [-0.3, -0.25) is 4.79 Å². The molecule has 5 heteroatoms. The summed E-state index contributed by atoms with van der Waals surface area (Å²) < 4.78 is 11.9. The van der Waals surface area contributed by atoms with E-state index in [1.807, 2.05) is 32.0 Å². The molecule has 168 valence electrons. The number of benzene rings is 2. The Balaban J connectivity index is 1.41. The highest BCUT2D eigenvalue weighted by Crippen LogP contribution is 2.39. The van der Waals surface area contributed by atoms with E-state index in [-0.39, 0.29) is 11.8 Å².